The fourth-order valence-corrected chi connectivity index (χ4v) is 3.33. The molecule has 2 N–H and O–H groups in total. The first-order valence-corrected chi connectivity index (χ1v) is 9.20. The van der Waals surface area contributed by atoms with E-state index in [0.717, 1.165) is 48.3 Å². The average molecular weight is 400 g/mol. The maximum absolute atomic E-state index is 8.93. The third-order valence-electron chi connectivity index (χ3n) is 4.09. The summed E-state index contributed by atoms with van der Waals surface area (Å²) >= 11 is 1.56. The molecule has 4 rings (SSSR count). The quantitative estimate of drug-likeness (QED) is 0.696. The number of anilines is 3. The van der Waals surface area contributed by atoms with Gasteiger partial charge in [-0.3, -0.25) is 4.98 Å². The fraction of sp³-hybridized carbons (Fsp3) is 0.222. The van der Waals surface area contributed by atoms with Crippen molar-refractivity contribution in [2.45, 2.75) is 0 Å². The number of nitrogens with one attached hydrogen (secondary N) is 2. The van der Waals surface area contributed by atoms with Crippen molar-refractivity contribution in [3.8, 4) is 16.6 Å². The van der Waals surface area contributed by atoms with E-state index in [9.17, 15) is 0 Å². The number of rotatable bonds is 4. The highest BCUT2D eigenvalue weighted by Gasteiger charge is 2.16. The number of halogens is 1. The molecule has 9 heteroatoms. The highest BCUT2D eigenvalue weighted by molar-refractivity contribution is 7.13. The molecule has 1 aliphatic rings. The van der Waals surface area contributed by atoms with Crippen LogP contribution in [-0.2, 0) is 0 Å². The summed E-state index contributed by atoms with van der Waals surface area (Å²) in [5.74, 6) is 1.44. The molecule has 0 aliphatic carbocycles. The van der Waals surface area contributed by atoms with Crippen LogP contribution in [0.25, 0.3) is 10.6 Å². The second-order valence-electron chi connectivity index (χ2n) is 5.86. The van der Waals surface area contributed by atoms with E-state index in [2.05, 4.69) is 26.6 Å². The Labute approximate surface area is 167 Å². The molecule has 7 nitrogen and oxygen atoms in total. The van der Waals surface area contributed by atoms with Crippen LogP contribution in [0.4, 0.5) is 17.5 Å². The predicted molar refractivity (Wildman–Crippen MR) is 110 cm³/mol. The van der Waals surface area contributed by atoms with Gasteiger partial charge in [-0.25, -0.2) is 4.98 Å². The first kappa shape index (κ1) is 19.0. The van der Waals surface area contributed by atoms with Gasteiger partial charge in [0.1, 0.15) is 5.82 Å². The molecule has 0 bridgehead atoms. The highest BCUT2D eigenvalue weighted by atomic mass is 35.5. The third kappa shape index (κ3) is 4.52. The molecule has 2 aromatic heterocycles. The highest BCUT2D eigenvalue weighted by Crippen LogP contribution is 2.27. The van der Waals surface area contributed by atoms with Crippen molar-refractivity contribution in [3.05, 3.63) is 47.6 Å². The number of piperazine rings is 1. The first-order valence-electron chi connectivity index (χ1n) is 8.32. The van der Waals surface area contributed by atoms with E-state index >= 15 is 0 Å². The van der Waals surface area contributed by atoms with Crippen molar-refractivity contribution in [2.75, 3.05) is 36.4 Å². The standard InChI is InChI=1S/C18H17N7S.ClH/c19-10-13-1-3-14(4-2-13)22-17-9-15(16-11-21-12-26-16)23-18(24-17)25-7-5-20-6-8-25;/h1-4,9,11-12,20H,5-8H2,(H,22,23,24);1H. The van der Waals surface area contributed by atoms with Crippen LogP contribution >= 0.6 is 23.7 Å². The Balaban J connectivity index is 0.00000210. The van der Waals surface area contributed by atoms with E-state index < -0.39 is 0 Å². The summed E-state index contributed by atoms with van der Waals surface area (Å²) in [5.41, 5.74) is 4.16. The molecule has 27 heavy (non-hydrogen) atoms. The smallest absolute Gasteiger partial charge is 0.227 e. The molecule has 138 valence electrons. The maximum Gasteiger partial charge on any atom is 0.227 e. The summed E-state index contributed by atoms with van der Waals surface area (Å²) in [4.78, 5) is 16.8. The molecule has 1 aliphatic heterocycles. The first-order chi connectivity index (χ1) is 12.8. The van der Waals surface area contributed by atoms with Crippen molar-refractivity contribution < 1.29 is 0 Å². The van der Waals surface area contributed by atoms with Gasteiger partial charge in [0, 0.05) is 44.1 Å². The van der Waals surface area contributed by atoms with Crippen molar-refractivity contribution in [1.29, 1.82) is 5.26 Å². The Morgan fingerprint density at radius 1 is 1.15 bits per heavy atom. The normalized spacial score (nSPS) is 13.5. The minimum Gasteiger partial charge on any atom is -0.340 e. The molecular formula is C18H18ClN7S. The number of aromatic nitrogens is 3. The molecule has 3 heterocycles. The number of hydrogen-bond acceptors (Lipinski definition) is 8. The van der Waals surface area contributed by atoms with Crippen LogP contribution in [-0.4, -0.2) is 41.1 Å². The van der Waals surface area contributed by atoms with Crippen LogP contribution in [0.1, 0.15) is 5.56 Å². The Morgan fingerprint density at radius 2 is 1.93 bits per heavy atom. The number of nitriles is 1. The lowest BCUT2D eigenvalue weighted by Gasteiger charge is -2.27. The number of hydrogen-bond donors (Lipinski definition) is 2. The van der Waals surface area contributed by atoms with Gasteiger partial charge in [0.05, 0.1) is 27.7 Å². The van der Waals surface area contributed by atoms with E-state index in [1.54, 1.807) is 29.0 Å². The molecule has 1 aromatic carbocycles. The van der Waals surface area contributed by atoms with Gasteiger partial charge >= 0.3 is 0 Å². The SMILES string of the molecule is Cl.N#Cc1ccc(Nc2cc(-c3cncs3)nc(N3CCNCC3)n2)cc1. The van der Waals surface area contributed by atoms with Gasteiger partial charge in [-0.05, 0) is 24.3 Å². The van der Waals surface area contributed by atoms with Crippen molar-refractivity contribution in [3.63, 3.8) is 0 Å². The minimum atomic E-state index is 0. The van der Waals surface area contributed by atoms with E-state index in [1.165, 1.54) is 0 Å². The lowest BCUT2D eigenvalue weighted by molar-refractivity contribution is 0.580. The molecule has 1 saturated heterocycles. The molecule has 3 aromatic rings. The van der Waals surface area contributed by atoms with Gasteiger partial charge in [0.15, 0.2) is 0 Å². The maximum atomic E-state index is 8.93. The van der Waals surface area contributed by atoms with Crippen LogP contribution in [0.2, 0.25) is 0 Å². The minimum absolute atomic E-state index is 0. The zero-order chi connectivity index (χ0) is 17.8. The molecule has 1 fully saturated rings. The van der Waals surface area contributed by atoms with Crippen LogP contribution in [0.3, 0.4) is 0 Å². The summed E-state index contributed by atoms with van der Waals surface area (Å²) in [6.45, 7) is 3.60. The largest absolute Gasteiger partial charge is 0.340 e. The average Bonchev–Trinajstić information content (AvgIpc) is 3.24. The van der Waals surface area contributed by atoms with Gasteiger partial charge in [-0.1, -0.05) is 0 Å². The Morgan fingerprint density at radius 3 is 2.59 bits per heavy atom. The van der Waals surface area contributed by atoms with Gasteiger partial charge in [-0.2, -0.15) is 10.2 Å². The zero-order valence-corrected chi connectivity index (χ0v) is 16.1. The summed E-state index contributed by atoms with van der Waals surface area (Å²) in [7, 11) is 0. The van der Waals surface area contributed by atoms with Gasteiger partial charge in [0.2, 0.25) is 5.95 Å². The molecule has 0 amide bonds. The van der Waals surface area contributed by atoms with E-state index in [0.29, 0.717) is 11.5 Å². The van der Waals surface area contributed by atoms with Crippen LogP contribution in [0, 0.1) is 11.3 Å². The number of thiazole rings is 1. The molecule has 0 saturated carbocycles. The monoisotopic (exact) mass is 399 g/mol. The van der Waals surface area contributed by atoms with Crippen molar-refractivity contribution >= 4 is 41.2 Å². The topological polar surface area (TPSA) is 89.8 Å². The Bertz CT molecular complexity index is 916. The van der Waals surface area contributed by atoms with Gasteiger partial charge in [0.25, 0.3) is 0 Å². The third-order valence-corrected chi connectivity index (χ3v) is 4.88. The van der Waals surface area contributed by atoms with E-state index in [1.807, 2.05) is 24.4 Å². The van der Waals surface area contributed by atoms with Crippen molar-refractivity contribution in [1.82, 2.24) is 20.3 Å². The fourth-order valence-electron chi connectivity index (χ4n) is 2.75. The van der Waals surface area contributed by atoms with Gasteiger partial charge < -0.3 is 15.5 Å². The number of benzene rings is 1. The zero-order valence-electron chi connectivity index (χ0n) is 14.4. The lowest BCUT2D eigenvalue weighted by atomic mass is 10.2. The summed E-state index contributed by atoms with van der Waals surface area (Å²) in [6.07, 6.45) is 1.82. The molecular weight excluding hydrogens is 382 g/mol. The second kappa shape index (κ2) is 8.77. The molecule has 0 atom stereocenters. The molecule has 0 unspecified atom stereocenters. The van der Waals surface area contributed by atoms with Crippen LogP contribution in [0.15, 0.2) is 42.0 Å². The molecule has 0 radical (unpaired) electrons. The van der Waals surface area contributed by atoms with E-state index in [-0.39, 0.29) is 12.4 Å². The van der Waals surface area contributed by atoms with Crippen molar-refractivity contribution in [2.24, 2.45) is 0 Å². The summed E-state index contributed by atoms with van der Waals surface area (Å²) in [5, 5.41) is 15.6. The van der Waals surface area contributed by atoms with Crippen LogP contribution < -0.4 is 15.5 Å². The Hall–Kier alpha value is -2.73. The second-order valence-corrected chi connectivity index (χ2v) is 6.74. The predicted octanol–water partition coefficient (Wildman–Crippen LogP) is 3.05. The van der Waals surface area contributed by atoms with E-state index in [4.69, 9.17) is 15.2 Å². The Kier molecular flexibility index (Phi) is 6.19. The summed E-state index contributed by atoms with van der Waals surface area (Å²) < 4.78 is 0. The molecule has 0 spiro atoms. The van der Waals surface area contributed by atoms with Gasteiger partial charge in [-0.15, -0.1) is 23.7 Å². The number of nitrogens with zero attached hydrogens (tertiary/aromatic N) is 5. The summed E-state index contributed by atoms with van der Waals surface area (Å²) in [6, 6.07) is 11.4. The van der Waals surface area contributed by atoms with Crippen LogP contribution in [0.5, 0.6) is 0 Å². The lowest BCUT2D eigenvalue weighted by Crippen LogP contribution is -2.44.